The van der Waals surface area contributed by atoms with E-state index in [1.54, 1.807) is 11.3 Å². The Hall–Kier alpha value is -1.95. The van der Waals surface area contributed by atoms with Crippen molar-refractivity contribution in [2.45, 2.75) is 27.7 Å². The number of fused-ring (bicyclic) bond motifs is 1. The summed E-state index contributed by atoms with van der Waals surface area (Å²) in [6, 6.07) is 14.0. The minimum atomic E-state index is 0. The molecule has 0 unspecified atom stereocenters. The highest BCUT2D eigenvalue weighted by molar-refractivity contribution is 7.22. The molecule has 0 aliphatic rings. The van der Waals surface area contributed by atoms with Gasteiger partial charge in [-0.05, 0) is 50.7 Å². The van der Waals surface area contributed by atoms with E-state index in [-0.39, 0.29) is 18.3 Å². The van der Waals surface area contributed by atoms with Gasteiger partial charge in [-0.3, -0.25) is 9.69 Å². The van der Waals surface area contributed by atoms with E-state index in [9.17, 15) is 4.79 Å². The van der Waals surface area contributed by atoms with Crippen molar-refractivity contribution in [2.24, 2.45) is 0 Å². The maximum absolute atomic E-state index is 13.3. The van der Waals surface area contributed by atoms with E-state index >= 15 is 0 Å². The molecule has 1 amide bonds. The quantitative estimate of drug-likeness (QED) is 0.521. The normalized spacial score (nSPS) is 10.9. The van der Waals surface area contributed by atoms with Gasteiger partial charge in [-0.2, -0.15) is 0 Å². The number of anilines is 1. The molecule has 28 heavy (non-hydrogen) atoms. The number of amides is 1. The average molecular weight is 418 g/mol. The Morgan fingerprint density at radius 1 is 1.04 bits per heavy atom. The maximum Gasteiger partial charge on any atom is 0.260 e. The van der Waals surface area contributed by atoms with Crippen molar-refractivity contribution in [2.75, 3.05) is 31.1 Å². The first-order valence-corrected chi connectivity index (χ1v) is 10.3. The van der Waals surface area contributed by atoms with E-state index in [0.717, 1.165) is 46.1 Å². The number of carbonyl (C=O) groups excluding carboxylic acids is 1. The second-order valence-corrected chi connectivity index (χ2v) is 7.78. The SMILES string of the molecule is CCN(CC)CCN(C(=O)c1cccc(C)c1)c1nc2c(C)cccc2s1.Cl. The molecule has 1 heterocycles. The molecule has 0 spiro atoms. The number of thiazole rings is 1. The number of rotatable bonds is 7. The number of para-hydroxylation sites is 1. The molecule has 0 radical (unpaired) electrons. The fourth-order valence-corrected chi connectivity index (χ4v) is 4.26. The van der Waals surface area contributed by atoms with Crippen LogP contribution in [-0.2, 0) is 0 Å². The predicted molar refractivity (Wildman–Crippen MR) is 122 cm³/mol. The summed E-state index contributed by atoms with van der Waals surface area (Å²) in [4.78, 5) is 22.3. The highest BCUT2D eigenvalue weighted by atomic mass is 35.5. The molecule has 0 N–H and O–H groups in total. The first kappa shape index (κ1) is 22.3. The van der Waals surface area contributed by atoms with Crippen molar-refractivity contribution < 1.29 is 4.79 Å². The highest BCUT2D eigenvalue weighted by Crippen LogP contribution is 2.31. The minimum absolute atomic E-state index is 0. The largest absolute Gasteiger partial charge is 0.302 e. The molecular weight excluding hydrogens is 390 g/mol. The van der Waals surface area contributed by atoms with Gasteiger partial charge in [0, 0.05) is 18.7 Å². The zero-order chi connectivity index (χ0) is 19.4. The van der Waals surface area contributed by atoms with Gasteiger partial charge in [-0.15, -0.1) is 12.4 Å². The predicted octanol–water partition coefficient (Wildman–Crippen LogP) is 5.32. The van der Waals surface area contributed by atoms with Gasteiger partial charge in [-0.1, -0.05) is 55.0 Å². The molecule has 150 valence electrons. The number of hydrogen-bond donors (Lipinski definition) is 0. The monoisotopic (exact) mass is 417 g/mol. The summed E-state index contributed by atoms with van der Waals surface area (Å²) < 4.78 is 1.12. The van der Waals surface area contributed by atoms with Crippen LogP contribution in [0.4, 0.5) is 5.13 Å². The average Bonchev–Trinajstić information content (AvgIpc) is 3.10. The van der Waals surface area contributed by atoms with Crippen LogP contribution in [0.25, 0.3) is 10.2 Å². The van der Waals surface area contributed by atoms with Gasteiger partial charge in [0.1, 0.15) is 0 Å². The van der Waals surface area contributed by atoms with Crippen LogP contribution in [0.5, 0.6) is 0 Å². The van der Waals surface area contributed by atoms with Crippen LogP contribution in [0.15, 0.2) is 42.5 Å². The lowest BCUT2D eigenvalue weighted by Gasteiger charge is -2.24. The first-order valence-electron chi connectivity index (χ1n) is 9.50. The smallest absolute Gasteiger partial charge is 0.260 e. The summed E-state index contributed by atoms with van der Waals surface area (Å²) in [7, 11) is 0. The van der Waals surface area contributed by atoms with E-state index < -0.39 is 0 Å². The second kappa shape index (κ2) is 10.0. The zero-order valence-electron chi connectivity index (χ0n) is 16.9. The second-order valence-electron chi connectivity index (χ2n) is 6.77. The van der Waals surface area contributed by atoms with Crippen molar-refractivity contribution in [3.63, 3.8) is 0 Å². The molecule has 0 saturated carbocycles. The molecule has 0 saturated heterocycles. The van der Waals surface area contributed by atoms with E-state index in [2.05, 4.69) is 37.8 Å². The Morgan fingerprint density at radius 2 is 1.75 bits per heavy atom. The van der Waals surface area contributed by atoms with Crippen molar-refractivity contribution in [1.82, 2.24) is 9.88 Å². The molecule has 3 rings (SSSR count). The Kier molecular flexibility index (Phi) is 7.98. The summed E-state index contributed by atoms with van der Waals surface area (Å²) in [5, 5.41) is 0.776. The Labute approximate surface area is 177 Å². The van der Waals surface area contributed by atoms with E-state index in [1.807, 2.05) is 42.2 Å². The van der Waals surface area contributed by atoms with E-state index in [1.165, 1.54) is 0 Å². The summed E-state index contributed by atoms with van der Waals surface area (Å²) in [5.41, 5.74) is 3.93. The molecule has 0 aliphatic carbocycles. The van der Waals surface area contributed by atoms with Gasteiger partial charge in [0.05, 0.1) is 10.2 Å². The van der Waals surface area contributed by atoms with E-state index in [4.69, 9.17) is 4.98 Å². The first-order chi connectivity index (χ1) is 13.0. The third-order valence-electron chi connectivity index (χ3n) is 4.88. The molecular formula is C22H28ClN3OS. The summed E-state index contributed by atoms with van der Waals surface area (Å²) in [6.45, 7) is 11.8. The number of benzene rings is 2. The molecule has 3 aromatic rings. The summed E-state index contributed by atoms with van der Waals surface area (Å²) in [5.74, 6) is 0.0163. The van der Waals surface area contributed by atoms with Crippen LogP contribution < -0.4 is 4.90 Å². The number of aryl methyl sites for hydroxylation is 2. The van der Waals surface area contributed by atoms with Gasteiger partial charge in [-0.25, -0.2) is 4.98 Å². The molecule has 0 fully saturated rings. The van der Waals surface area contributed by atoms with Crippen molar-refractivity contribution in [1.29, 1.82) is 0 Å². The number of hydrogen-bond acceptors (Lipinski definition) is 4. The van der Waals surface area contributed by atoms with Gasteiger partial charge >= 0.3 is 0 Å². The van der Waals surface area contributed by atoms with Crippen LogP contribution in [0, 0.1) is 13.8 Å². The van der Waals surface area contributed by atoms with Crippen LogP contribution >= 0.6 is 23.7 Å². The summed E-state index contributed by atoms with van der Waals surface area (Å²) in [6.07, 6.45) is 0. The zero-order valence-corrected chi connectivity index (χ0v) is 18.6. The van der Waals surface area contributed by atoms with Crippen molar-refractivity contribution in [3.8, 4) is 0 Å². The Balaban J connectivity index is 0.00000280. The third kappa shape index (κ3) is 4.90. The van der Waals surface area contributed by atoms with Gasteiger partial charge < -0.3 is 4.90 Å². The van der Waals surface area contributed by atoms with E-state index in [0.29, 0.717) is 12.1 Å². The number of likely N-dealkylation sites (N-methyl/N-ethyl adjacent to an activating group) is 1. The van der Waals surface area contributed by atoms with Gasteiger partial charge in [0.15, 0.2) is 5.13 Å². The molecule has 6 heteroatoms. The molecule has 2 aromatic carbocycles. The molecule has 0 bridgehead atoms. The van der Waals surface area contributed by atoms with Crippen LogP contribution in [-0.4, -0.2) is 42.0 Å². The fourth-order valence-electron chi connectivity index (χ4n) is 3.19. The number of halogens is 1. The Morgan fingerprint density at radius 3 is 2.39 bits per heavy atom. The number of aromatic nitrogens is 1. The lowest BCUT2D eigenvalue weighted by atomic mass is 10.1. The van der Waals surface area contributed by atoms with Crippen LogP contribution in [0.3, 0.4) is 0 Å². The Bertz CT molecular complexity index is 936. The number of nitrogens with zero attached hydrogens (tertiary/aromatic N) is 3. The van der Waals surface area contributed by atoms with Gasteiger partial charge in [0.25, 0.3) is 5.91 Å². The van der Waals surface area contributed by atoms with Crippen molar-refractivity contribution >= 4 is 45.0 Å². The molecule has 0 aliphatic heterocycles. The number of carbonyl (C=O) groups is 1. The van der Waals surface area contributed by atoms with Gasteiger partial charge in [0.2, 0.25) is 0 Å². The minimum Gasteiger partial charge on any atom is -0.302 e. The molecule has 0 atom stereocenters. The summed E-state index contributed by atoms with van der Waals surface area (Å²) >= 11 is 1.59. The van der Waals surface area contributed by atoms with Crippen LogP contribution in [0.2, 0.25) is 0 Å². The molecule has 4 nitrogen and oxygen atoms in total. The standard InChI is InChI=1S/C22H27N3OS.ClH/c1-5-24(6-2)13-14-25(21(26)18-11-7-9-16(3)15-18)22-23-20-17(4)10-8-12-19(20)27-22;/h7-12,15H,5-6,13-14H2,1-4H3;1H. The lowest BCUT2D eigenvalue weighted by Crippen LogP contribution is -2.38. The van der Waals surface area contributed by atoms with Crippen molar-refractivity contribution in [3.05, 3.63) is 59.2 Å². The lowest BCUT2D eigenvalue weighted by molar-refractivity contribution is 0.0983. The topological polar surface area (TPSA) is 36.4 Å². The van der Waals surface area contributed by atoms with Crippen LogP contribution in [0.1, 0.15) is 35.3 Å². The molecule has 1 aromatic heterocycles. The maximum atomic E-state index is 13.3. The third-order valence-corrected chi connectivity index (χ3v) is 5.93. The highest BCUT2D eigenvalue weighted by Gasteiger charge is 2.22. The fraction of sp³-hybridized carbons (Fsp3) is 0.364.